The van der Waals surface area contributed by atoms with Gasteiger partial charge in [-0.1, -0.05) is 12.1 Å². The zero-order valence-corrected chi connectivity index (χ0v) is 15.1. The van der Waals surface area contributed by atoms with Gasteiger partial charge in [-0.05, 0) is 43.5 Å². The molecule has 1 aliphatic heterocycles. The Morgan fingerprint density at radius 2 is 2.08 bits per heavy atom. The van der Waals surface area contributed by atoms with Crippen molar-refractivity contribution in [3.8, 4) is 0 Å². The Morgan fingerprint density at radius 1 is 1.17 bits per heavy atom. The second-order valence-corrected chi connectivity index (χ2v) is 7.38. The van der Waals surface area contributed by atoms with E-state index in [0.717, 1.165) is 61.8 Å². The van der Waals surface area contributed by atoms with Crippen LogP contribution in [0.3, 0.4) is 0 Å². The molecule has 2 aromatic heterocycles. The van der Waals surface area contributed by atoms with Crippen LogP contribution in [0.4, 0.5) is 0 Å². The van der Waals surface area contributed by atoms with Crippen molar-refractivity contribution in [1.29, 1.82) is 0 Å². The van der Waals surface area contributed by atoms with Crippen LogP contribution in [0, 0.1) is 6.92 Å². The molecule has 24 heavy (non-hydrogen) atoms. The van der Waals surface area contributed by atoms with Crippen LogP contribution in [0.1, 0.15) is 22.7 Å². The van der Waals surface area contributed by atoms with Gasteiger partial charge < -0.3 is 9.80 Å². The first-order valence-electron chi connectivity index (χ1n) is 8.66. The van der Waals surface area contributed by atoms with Gasteiger partial charge in [0.25, 0.3) is 0 Å². The number of carbonyl (C=O) groups is 1. The second kappa shape index (κ2) is 8.40. The minimum atomic E-state index is 0.264. The van der Waals surface area contributed by atoms with E-state index in [-0.39, 0.29) is 5.91 Å². The molecule has 0 saturated carbocycles. The number of rotatable bonds is 5. The molecule has 0 N–H and O–H groups in total. The van der Waals surface area contributed by atoms with E-state index in [2.05, 4.69) is 22.0 Å². The molecule has 128 valence electrons. The molecule has 1 aliphatic rings. The van der Waals surface area contributed by atoms with Gasteiger partial charge in [0.1, 0.15) is 0 Å². The van der Waals surface area contributed by atoms with E-state index in [9.17, 15) is 4.79 Å². The Hall–Kier alpha value is -1.72. The zero-order valence-electron chi connectivity index (χ0n) is 14.3. The van der Waals surface area contributed by atoms with Crippen LogP contribution in [0.15, 0.2) is 35.7 Å². The molecule has 3 rings (SSSR count). The second-order valence-electron chi connectivity index (χ2n) is 6.35. The zero-order chi connectivity index (χ0) is 16.8. The molecular formula is C19H25N3OS. The third kappa shape index (κ3) is 4.89. The molecule has 5 heteroatoms. The highest BCUT2D eigenvalue weighted by Crippen LogP contribution is 2.12. The van der Waals surface area contributed by atoms with Crippen molar-refractivity contribution >= 4 is 17.2 Å². The summed E-state index contributed by atoms with van der Waals surface area (Å²) in [6.07, 6.45) is 2.58. The lowest BCUT2D eigenvalue weighted by Crippen LogP contribution is -2.36. The van der Waals surface area contributed by atoms with E-state index < -0.39 is 0 Å². The van der Waals surface area contributed by atoms with Crippen LogP contribution >= 0.6 is 11.3 Å². The van der Waals surface area contributed by atoms with Gasteiger partial charge in [-0.2, -0.15) is 0 Å². The first-order valence-corrected chi connectivity index (χ1v) is 9.54. The van der Waals surface area contributed by atoms with Gasteiger partial charge in [-0.3, -0.25) is 9.78 Å². The van der Waals surface area contributed by atoms with Crippen molar-refractivity contribution in [2.24, 2.45) is 0 Å². The van der Waals surface area contributed by atoms with Crippen molar-refractivity contribution < 1.29 is 4.79 Å². The van der Waals surface area contributed by atoms with Crippen LogP contribution in [0.2, 0.25) is 0 Å². The predicted molar refractivity (Wildman–Crippen MR) is 98.3 cm³/mol. The maximum absolute atomic E-state index is 12.4. The van der Waals surface area contributed by atoms with Crippen molar-refractivity contribution in [1.82, 2.24) is 14.8 Å². The van der Waals surface area contributed by atoms with E-state index in [1.807, 2.05) is 35.4 Å². The molecule has 0 bridgehead atoms. The Balaban J connectivity index is 1.47. The fourth-order valence-corrected chi connectivity index (χ4v) is 3.83. The maximum Gasteiger partial charge on any atom is 0.227 e. The average Bonchev–Trinajstić information content (AvgIpc) is 2.96. The Kier molecular flexibility index (Phi) is 5.99. The smallest absolute Gasteiger partial charge is 0.227 e. The SMILES string of the molecule is Cc1cccc(CCN2CCCN(C(=O)Cc3cccs3)CC2)n1. The number of carbonyl (C=O) groups excluding carboxylic acids is 1. The predicted octanol–water partition coefficient (Wildman–Crippen LogP) is 2.77. The van der Waals surface area contributed by atoms with E-state index in [4.69, 9.17) is 0 Å². The summed E-state index contributed by atoms with van der Waals surface area (Å²) in [4.78, 5) is 22.7. The summed E-state index contributed by atoms with van der Waals surface area (Å²) in [7, 11) is 0. The van der Waals surface area contributed by atoms with Crippen molar-refractivity contribution in [3.63, 3.8) is 0 Å². The summed E-state index contributed by atoms with van der Waals surface area (Å²) in [5.41, 5.74) is 2.23. The van der Waals surface area contributed by atoms with Crippen LogP contribution in [-0.2, 0) is 17.6 Å². The molecule has 1 fully saturated rings. The van der Waals surface area contributed by atoms with E-state index in [0.29, 0.717) is 6.42 Å². The molecule has 1 saturated heterocycles. The largest absolute Gasteiger partial charge is 0.341 e. The number of nitrogens with zero attached hydrogens (tertiary/aromatic N) is 3. The average molecular weight is 343 g/mol. The molecule has 0 atom stereocenters. The van der Waals surface area contributed by atoms with Gasteiger partial charge in [0.15, 0.2) is 0 Å². The number of amides is 1. The molecule has 0 spiro atoms. The first-order chi connectivity index (χ1) is 11.7. The van der Waals surface area contributed by atoms with Crippen molar-refractivity contribution in [3.05, 3.63) is 52.0 Å². The topological polar surface area (TPSA) is 36.4 Å². The fraction of sp³-hybridized carbons (Fsp3) is 0.474. The molecule has 0 aliphatic carbocycles. The molecule has 0 radical (unpaired) electrons. The van der Waals surface area contributed by atoms with Crippen LogP contribution in [0.5, 0.6) is 0 Å². The highest BCUT2D eigenvalue weighted by Gasteiger charge is 2.19. The minimum absolute atomic E-state index is 0.264. The van der Waals surface area contributed by atoms with Crippen LogP contribution < -0.4 is 0 Å². The van der Waals surface area contributed by atoms with Gasteiger partial charge in [-0.25, -0.2) is 0 Å². The van der Waals surface area contributed by atoms with Gasteiger partial charge >= 0.3 is 0 Å². The monoisotopic (exact) mass is 343 g/mol. The summed E-state index contributed by atoms with van der Waals surface area (Å²) < 4.78 is 0. The lowest BCUT2D eigenvalue weighted by Gasteiger charge is -2.22. The third-order valence-corrected chi connectivity index (χ3v) is 5.35. The number of aromatic nitrogens is 1. The normalized spacial score (nSPS) is 16.1. The molecule has 1 amide bonds. The Bertz CT molecular complexity index is 656. The highest BCUT2D eigenvalue weighted by atomic mass is 32.1. The Labute approximate surface area is 148 Å². The lowest BCUT2D eigenvalue weighted by atomic mass is 10.2. The molecule has 0 unspecified atom stereocenters. The van der Waals surface area contributed by atoms with Gasteiger partial charge in [0.05, 0.1) is 6.42 Å². The maximum atomic E-state index is 12.4. The number of hydrogen-bond donors (Lipinski definition) is 0. The number of aryl methyl sites for hydroxylation is 1. The molecule has 0 aromatic carbocycles. The van der Waals surface area contributed by atoms with Crippen molar-refractivity contribution in [2.75, 3.05) is 32.7 Å². The van der Waals surface area contributed by atoms with Gasteiger partial charge in [-0.15, -0.1) is 11.3 Å². The fourth-order valence-electron chi connectivity index (χ4n) is 3.13. The quantitative estimate of drug-likeness (QED) is 0.838. The molecule has 2 aromatic rings. The van der Waals surface area contributed by atoms with Gasteiger partial charge in [0, 0.05) is 48.9 Å². The summed E-state index contributed by atoms with van der Waals surface area (Å²) >= 11 is 1.66. The van der Waals surface area contributed by atoms with Crippen LogP contribution in [-0.4, -0.2) is 53.4 Å². The van der Waals surface area contributed by atoms with Crippen molar-refractivity contribution in [2.45, 2.75) is 26.2 Å². The first kappa shape index (κ1) is 17.1. The third-order valence-electron chi connectivity index (χ3n) is 4.48. The number of thiophene rings is 1. The van der Waals surface area contributed by atoms with E-state index in [1.54, 1.807) is 11.3 Å². The number of pyridine rings is 1. The van der Waals surface area contributed by atoms with Gasteiger partial charge in [0.2, 0.25) is 5.91 Å². The highest BCUT2D eigenvalue weighted by molar-refractivity contribution is 7.10. The van der Waals surface area contributed by atoms with Crippen LogP contribution in [0.25, 0.3) is 0 Å². The Morgan fingerprint density at radius 3 is 2.88 bits per heavy atom. The molecular weight excluding hydrogens is 318 g/mol. The standard InChI is InChI=1S/C19H25N3OS/c1-16-5-2-6-17(20-16)8-11-21-9-4-10-22(13-12-21)19(23)15-18-7-3-14-24-18/h2-3,5-7,14H,4,8-13,15H2,1H3. The summed E-state index contributed by atoms with van der Waals surface area (Å²) in [5, 5.41) is 2.03. The van der Waals surface area contributed by atoms with E-state index in [1.165, 1.54) is 0 Å². The summed E-state index contributed by atoms with van der Waals surface area (Å²) in [6.45, 7) is 6.79. The summed E-state index contributed by atoms with van der Waals surface area (Å²) in [5.74, 6) is 0.264. The summed E-state index contributed by atoms with van der Waals surface area (Å²) in [6, 6.07) is 10.3. The number of hydrogen-bond acceptors (Lipinski definition) is 4. The van der Waals surface area contributed by atoms with E-state index >= 15 is 0 Å². The lowest BCUT2D eigenvalue weighted by molar-refractivity contribution is -0.130. The minimum Gasteiger partial charge on any atom is -0.341 e. The molecule has 4 nitrogen and oxygen atoms in total. The molecule has 3 heterocycles.